The number of hydrogen-bond donors (Lipinski definition) is 0. The van der Waals surface area contributed by atoms with Crippen molar-refractivity contribution >= 4 is 10.0 Å². The van der Waals surface area contributed by atoms with Gasteiger partial charge in [0.25, 0.3) is 0 Å². The molecular weight excluding hydrogens is 214 g/mol. The Hall–Kier alpha value is -0.130. The van der Waals surface area contributed by atoms with E-state index in [0.717, 1.165) is 18.9 Å². The van der Waals surface area contributed by atoms with Gasteiger partial charge in [-0.25, -0.2) is 8.42 Å². The Balaban J connectivity index is 1.78. The second-order valence-electron chi connectivity index (χ2n) is 4.45. The highest BCUT2D eigenvalue weighted by Gasteiger charge is 2.32. The van der Waals surface area contributed by atoms with Gasteiger partial charge in [0.05, 0.1) is 11.9 Å². The quantitative estimate of drug-likeness (QED) is 0.707. The molecular formula is C10H19NO3S. The summed E-state index contributed by atoms with van der Waals surface area (Å²) < 4.78 is 30.4. The molecule has 4 nitrogen and oxygen atoms in total. The van der Waals surface area contributed by atoms with E-state index in [-0.39, 0.29) is 11.9 Å². The van der Waals surface area contributed by atoms with Gasteiger partial charge in [-0.05, 0) is 32.1 Å². The first-order valence-electron chi connectivity index (χ1n) is 5.71. The molecule has 88 valence electrons. The van der Waals surface area contributed by atoms with Gasteiger partial charge in [-0.3, -0.25) is 0 Å². The molecule has 15 heavy (non-hydrogen) atoms. The molecule has 2 fully saturated rings. The minimum absolute atomic E-state index is 0.131. The van der Waals surface area contributed by atoms with Crippen LogP contribution in [0.5, 0.6) is 0 Å². The van der Waals surface area contributed by atoms with E-state index in [1.54, 1.807) is 11.2 Å². The number of rotatable bonds is 5. The van der Waals surface area contributed by atoms with Crippen LogP contribution >= 0.6 is 0 Å². The summed E-state index contributed by atoms with van der Waals surface area (Å²) in [4.78, 5) is 0. The summed E-state index contributed by atoms with van der Waals surface area (Å²) in [7, 11) is -3.00. The third-order valence-corrected chi connectivity index (χ3v) is 4.98. The Kier molecular flexibility index (Phi) is 3.33. The zero-order valence-electron chi connectivity index (χ0n) is 9.18. The average molecular weight is 233 g/mol. The van der Waals surface area contributed by atoms with Crippen LogP contribution in [-0.4, -0.2) is 44.3 Å². The van der Waals surface area contributed by atoms with Crippen molar-refractivity contribution in [3.05, 3.63) is 0 Å². The fourth-order valence-electron chi connectivity index (χ4n) is 1.83. The van der Waals surface area contributed by atoms with Crippen LogP contribution in [0.1, 0.15) is 26.2 Å². The Morgan fingerprint density at radius 2 is 2.07 bits per heavy atom. The maximum atomic E-state index is 11.6. The third kappa shape index (κ3) is 2.92. The minimum atomic E-state index is -3.00. The molecule has 2 rings (SSSR count). The maximum absolute atomic E-state index is 11.6. The SMILES string of the molecule is CCS(=O)(=O)N1CCC(OCC2CC2)C1. The predicted molar refractivity (Wildman–Crippen MR) is 58.1 cm³/mol. The van der Waals surface area contributed by atoms with Crippen LogP contribution in [-0.2, 0) is 14.8 Å². The predicted octanol–water partition coefficient (Wildman–Crippen LogP) is 0.837. The molecule has 5 heteroatoms. The molecule has 1 unspecified atom stereocenters. The van der Waals surface area contributed by atoms with Gasteiger partial charge in [0, 0.05) is 19.7 Å². The Labute approximate surface area is 91.6 Å². The van der Waals surface area contributed by atoms with E-state index in [2.05, 4.69) is 0 Å². The summed E-state index contributed by atoms with van der Waals surface area (Å²) in [5.41, 5.74) is 0. The molecule has 1 aliphatic carbocycles. The summed E-state index contributed by atoms with van der Waals surface area (Å²) in [6, 6.07) is 0. The largest absolute Gasteiger partial charge is 0.377 e. The lowest BCUT2D eigenvalue weighted by molar-refractivity contribution is 0.0561. The van der Waals surface area contributed by atoms with Crippen LogP contribution < -0.4 is 0 Å². The molecule has 1 saturated heterocycles. The van der Waals surface area contributed by atoms with Gasteiger partial charge in [0.1, 0.15) is 0 Å². The zero-order chi connectivity index (χ0) is 10.9. The fraction of sp³-hybridized carbons (Fsp3) is 1.00. The molecule has 1 aliphatic heterocycles. The third-order valence-electron chi connectivity index (χ3n) is 3.13. The highest BCUT2D eigenvalue weighted by molar-refractivity contribution is 7.89. The Morgan fingerprint density at radius 1 is 1.33 bits per heavy atom. The first-order valence-corrected chi connectivity index (χ1v) is 7.32. The lowest BCUT2D eigenvalue weighted by Gasteiger charge is -2.15. The molecule has 1 heterocycles. The van der Waals surface area contributed by atoms with Gasteiger partial charge in [0.15, 0.2) is 0 Å². The van der Waals surface area contributed by atoms with Gasteiger partial charge in [-0.2, -0.15) is 4.31 Å². The van der Waals surface area contributed by atoms with Crippen LogP contribution in [0.2, 0.25) is 0 Å². The highest BCUT2D eigenvalue weighted by Crippen LogP contribution is 2.30. The van der Waals surface area contributed by atoms with E-state index in [4.69, 9.17) is 4.74 Å². The van der Waals surface area contributed by atoms with Gasteiger partial charge in [-0.15, -0.1) is 0 Å². The van der Waals surface area contributed by atoms with E-state index < -0.39 is 10.0 Å². The highest BCUT2D eigenvalue weighted by atomic mass is 32.2. The fourth-order valence-corrected chi connectivity index (χ4v) is 2.97. The molecule has 0 radical (unpaired) electrons. The van der Waals surface area contributed by atoms with E-state index in [9.17, 15) is 8.42 Å². The Bertz CT molecular complexity index is 311. The van der Waals surface area contributed by atoms with E-state index >= 15 is 0 Å². The first-order chi connectivity index (χ1) is 7.12. The number of nitrogens with zero attached hydrogens (tertiary/aromatic N) is 1. The molecule has 0 amide bonds. The smallest absolute Gasteiger partial charge is 0.213 e. The summed E-state index contributed by atoms with van der Waals surface area (Å²) in [5, 5.41) is 0. The molecule has 1 saturated carbocycles. The molecule has 2 aliphatic rings. The van der Waals surface area contributed by atoms with Crippen molar-refractivity contribution in [1.82, 2.24) is 4.31 Å². The van der Waals surface area contributed by atoms with Crippen molar-refractivity contribution < 1.29 is 13.2 Å². The second-order valence-corrected chi connectivity index (χ2v) is 6.70. The standard InChI is InChI=1S/C10H19NO3S/c1-2-15(12,13)11-6-5-10(7-11)14-8-9-3-4-9/h9-10H,2-8H2,1H3. The van der Waals surface area contributed by atoms with Crippen molar-refractivity contribution in [3.8, 4) is 0 Å². The first kappa shape index (κ1) is 11.4. The molecule has 0 N–H and O–H groups in total. The monoisotopic (exact) mass is 233 g/mol. The van der Waals surface area contributed by atoms with Crippen molar-refractivity contribution in [2.24, 2.45) is 5.92 Å². The zero-order valence-corrected chi connectivity index (χ0v) is 10.0. The molecule has 0 aromatic rings. The van der Waals surface area contributed by atoms with Crippen molar-refractivity contribution in [3.63, 3.8) is 0 Å². The second kappa shape index (κ2) is 4.39. The average Bonchev–Trinajstić information content (AvgIpc) is 2.92. The van der Waals surface area contributed by atoms with Gasteiger partial charge < -0.3 is 4.74 Å². The number of sulfonamides is 1. The van der Waals surface area contributed by atoms with Gasteiger partial charge >= 0.3 is 0 Å². The van der Waals surface area contributed by atoms with Crippen molar-refractivity contribution in [2.45, 2.75) is 32.3 Å². The molecule has 0 spiro atoms. The van der Waals surface area contributed by atoms with E-state index in [1.165, 1.54) is 12.8 Å². The molecule has 0 aromatic heterocycles. The van der Waals surface area contributed by atoms with Crippen LogP contribution in [0, 0.1) is 5.92 Å². The topological polar surface area (TPSA) is 46.6 Å². The molecule has 1 atom stereocenters. The lowest BCUT2D eigenvalue weighted by atomic mass is 10.3. The van der Waals surface area contributed by atoms with Crippen LogP contribution in [0.25, 0.3) is 0 Å². The summed E-state index contributed by atoms with van der Waals surface area (Å²) >= 11 is 0. The van der Waals surface area contributed by atoms with Gasteiger partial charge in [0.2, 0.25) is 10.0 Å². The number of hydrogen-bond acceptors (Lipinski definition) is 3. The van der Waals surface area contributed by atoms with E-state index in [0.29, 0.717) is 13.1 Å². The number of ether oxygens (including phenoxy) is 1. The summed E-state index contributed by atoms with van der Waals surface area (Å²) in [5.74, 6) is 0.948. The summed E-state index contributed by atoms with van der Waals surface area (Å²) in [6.45, 7) is 3.70. The Morgan fingerprint density at radius 3 is 2.67 bits per heavy atom. The summed E-state index contributed by atoms with van der Waals surface area (Å²) in [6.07, 6.45) is 3.55. The molecule has 0 aromatic carbocycles. The van der Waals surface area contributed by atoms with Crippen LogP contribution in [0.15, 0.2) is 0 Å². The molecule has 0 bridgehead atoms. The van der Waals surface area contributed by atoms with Crippen LogP contribution in [0.4, 0.5) is 0 Å². The normalized spacial score (nSPS) is 28.5. The van der Waals surface area contributed by atoms with Crippen molar-refractivity contribution in [1.29, 1.82) is 0 Å². The van der Waals surface area contributed by atoms with E-state index in [1.807, 2.05) is 0 Å². The minimum Gasteiger partial charge on any atom is -0.377 e. The maximum Gasteiger partial charge on any atom is 0.213 e. The lowest BCUT2D eigenvalue weighted by Crippen LogP contribution is -2.31. The van der Waals surface area contributed by atoms with Crippen LogP contribution in [0.3, 0.4) is 0 Å². The van der Waals surface area contributed by atoms with Gasteiger partial charge in [-0.1, -0.05) is 0 Å². The van der Waals surface area contributed by atoms with Crippen molar-refractivity contribution in [2.75, 3.05) is 25.4 Å².